The molecule has 1 heterocycles. The fourth-order valence-electron chi connectivity index (χ4n) is 1.70. The minimum absolute atomic E-state index is 0.834. The molecular formula is C14H25N. The molecule has 1 rings (SSSR count). The Morgan fingerprint density at radius 2 is 2.20 bits per heavy atom. The predicted molar refractivity (Wildman–Crippen MR) is 70.0 cm³/mol. The molecule has 15 heavy (non-hydrogen) atoms. The van der Waals surface area contributed by atoms with Crippen molar-refractivity contribution in [1.82, 2.24) is 5.32 Å². The van der Waals surface area contributed by atoms with E-state index >= 15 is 0 Å². The Labute approximate surface area is 95.0 Å². The van der Waals surface area contributed by atoms with E-state index in [1.54, 1.807) is 0 Å². The van der Waals surface area contributed by atoms with Crippen LogP contribution in [0.25, 0.3) is 0 Å². The molecule has 0 radical (unpaired) electrons. The largest absolute Gasteiger partial charge is 0.316 e. The maximum atomic E-state index is 3.67. The van der Waals surface area contributed by atoms with Crippen LogP contribution < -0.4 is 5.32 Å². The quantitative estimate of drug-likeness (QED) is 0.693. The van der Waals surface area contributed by atoms with Gasteiger partial charge in [0.05, 0.1) is 0 Å². The van der Waals surface area contributed by atoms with Gasteiger partial charge in [-0.25, -0.2) is 0 Å². The van der Waals surface area contributed by atoms with Crippen molar-refractivity contribution in [2.75, 3.05) is 13.1 Å². The van der Waals surface area contributed by atoms with Crippen LogP contribution in [0.5, 0.6) is 0 Å². The first-order chi connectivity index (χ1) is 7.36. The summed E-state index contributed by atoms with van der Waals surface area (Å²) in [6.45, 7) is 12.1. The average molecular weight is 207 g/mol. The van der Waals surface area contributed by atoms with Crippen molar-refractivity contribution in [2.45, 2.75) is 33.6 Å². The van der Waals surface area contributed by atoms with E-state index < -0.39 is 0 Å². The summed E-state index contributed by atoms with van der Waals surface area (Å²) in [6.07, 6.45) is 10.7. The number of allylic oxidation sites excluding steroid dienone is 5. The highest BCUT2D eigenvalue weighted by Crippen LogP contribution is 2.18. The van der Waals surface area contributed by atoms with Gasteiger partial charge >= 0.3 is 0 Å². The molecule has 0 spiro atoms. The molecule has 0 saturated carbocycles. The lowest BCUT2D eigenvalue weighted by Crippen LogP contribution is -2.09. The average Bonchev–Trinajstić information content (AvgIpc) is 2.79. The summed E-state index contributed by atoms with van der Waals surface area (Å²) in [5.41, 5.74) is 1.42. The molecule has 1 aliphatic heterocycles. The SMILES string of the molecule is C=C/C=C\C(=C/C)CC1CCNC1.CC. The summed E-state index contributed by atoms with van der Waals surface area (Å²) >= 11 is 0. The van der Waals surface area contributed by atoms with Gasteiger partial charge in [-0.3, -0.25) is 0 Å². The van der Waals surface area contributed by atoms with E-state index in [1.807, 2.05) is 26.0 Å². The number of nitrogens with one attached hydrogen (secondary N) is 1. The summed E-state index contributed by atoms with van der Waals surface area (Å²) in [7, 11) is 0. The molecule has 0 aromatic rings. The second-order valence-corrected chi connectivity index (χ2v) is 3.52. The lowest BCUT2D eigenvalue weighted by atomic mass is 9.98. The lowest BCUT2D eigenvalue weighted by Gasteiger charge is -2.07. The summed E-state index contributed by atoms with van der Waals surface area (Å²) in [5, 5.41) is 3.39. The number of hydrogen-bond acceptors (Lipinski definition) is 1. The molecule has 1 atom stereocenters. The summed E-state index contributed by atoms with van der Waals surface area (Å²) in [6, 6.07) is 0. The van der Waals surface area contributed by atoms with E-state index in [2.05, 4.69) is 31.0 Å². The molecule has 1 unspecified atom stereocenters. The second kappa shape index (κ2) is 9.72. The fraction of sp³-hybridized carbons (Fsp3) is 0.571. The van der Waals surface area contributed by atoms with Gasteiger partial charge in [0, 0.05) is 0 Å². The van der Waals surface area contributed by atoms with Crippen molar-refractivity contribution < 1.29 is 0 Å². The van der Waals surface area contributed by atoms with E-state index in [0.717, 1.165) is 5.92 Å². The summed E-state index contributed by atoms with van der Waals surface area (Å²) < 4.78 is 0. The first-order valence-electron chi connectivity index (χ1n) is 6.02. The zero-order chi connectivity index (χ0) is 11.5. The fourth-order valence-corrected chi connectivity index (χ4v) is 1.70. The minimum atomic E-state index is 0.834. The molecule has 0 amide bonds. The van der Waals surface area contributed by atoms with E-state index in [-0.39, 0.29) is 0 Å². The van der Waals surface area contributed by atoms with Crippen molar-refractivity contribution in [3.63, 3.8) is 0 Å². The Balaban J connectivity index is 0.000000921. The van der Waals surface area contributed by atoms with Crippen molar-refractivity contribution in [1.29, 1.82) is 0 Å². The molecule has 1 N–H and O–H groups in total. The Kier molecular flexibility index (Phi) is 9.19. The number of hydrogen-bond donors (Lipinski definition) is 1. The lowest BCUT2D eigenvalue weighted by molar-refractivity contribution is 0.582. The summed E-state index contributed by atoms with van der Waals surface area (Å²) in [4.78, 5) is 0. The third kappa shape index (κ3) is 6.29. The Bertz CT molecular complexity index is 207. The van der Waals surface area contributed by atoms with E-state index in [0.29, 0.717) is 0 Å². The van der Waals surface area contributed by atoms with Gasteiger partial charge in [0.15, 0.2) is 0 Å². The maximum Gasteiger partial charge on any atom is -0.00169 e. The molecule has 0 aromatic heterocycles. The molecule has 86 valence electrons. The van der Waals surface area contributed by atoms with Gasteiger partial charge in [-0.05, 0) is 38.8 Å². The van der Waals surface area contributed by atoms with Crippen molar-refractivity contribution >= 4 is 0 Å². The highest BCUT2D eigenvalue weighted by atomic mass is 14.9. The highest BCUT2D eigenvalue weighted by molar-refractivity contribution is 5.21. The van der Waals surface area contributed by atoms with E-state index in [1.165, 1.54) is 31.5 Å². The maximum absolute atomic E-state index is 3.67. The molecule has 1 saturated heterocycles. The van der Waals surface area contributed by atoms with Gasteiger partial charge < -0.3 is 5.32 Å². The van der Waals surface area contributed by atoms with Crippen LogP contribution in [0, 0.1) is 5.92 Å². The van der Waals surface area contributed by atoms with Crippen molar-refractivity contribution in [3.05, 3.63) is 36.5 Å². The monoisotopic (exact) mass is 207 g/mol. The standard InChI is InChI=1S/C12H19N.C2H6/c1-3-5-6-11(4-2)9-12-7-8-13-10-12;1-2/h3-6,12-13H,1,7-10H2,2H3;1-2H3/b6-5-,11-4+;. The van der Waals surface area contributed by atoms with E-state index in [9.17, 15) is 0 Å². The molecule has 1 aliphatic rings. The smallest absolute Gasteiger partial charge is 0.00169 e. The van der Waals surface area contributed by atoms with Crippen LogP contribution in [0.1, 0.15) is 33.6 Å². The van der Waals surface area contributed by atoms with Crippen molar-refractivity contribution in [3.8, 4) is 0 Å². The van der Waals surface area contributed by atoms with Gasteiger partial charge in [-0.2, -0.15) is 0 Å². The van der Waals surface area contributed by atoms with Crippen LogP contribution >= 0.6 is 0 Å². The molecule has 0 bridgehead atoms. The molecule has 1 nitrogen and oxygen atoms in total. The zero-order valence-electron chi connectivity index (χ0n) is 10.4. The predicted octanol–water partition coefficient (Wildman–Crippen LogP) is 3.70. The van der Waals surface area contributed by atoms with Gasteiger partial charge in [-0.1, -0.05) is 50.3 Å². The third-order valence-corrected chi connectivity index (χ3v) is 2.50. The Morgan fingerprint density at radius 3 is 2.67 bits per heavy atom. The van der Waals surface area contributed by atoms with Crippen molar-refractivity contribution in [2.24, 2.45) is 5.92 Å². The van der Waals surface area contributed by atoms with Gasteiger partial charge in [0.25, 0.3) is 0 Å². The molecular weight excluding hydrogens is 182 g/mol. The molecule has 0 aliphatic carbocycles. The molecule has 1 heteroatoms. The molecule has 1 fully saturated rings. The first-order valence-corrected chi connectivity index (χ1v) is 6.02. The Morgan fingerprint density at radius 1 is 1.47 bits per heavy atom. The van der Waals surface area contributed by atoms with Gasteiger partial charge in [0.1, 0.15) is 0 Å². The van der Waals surface area contributed by atoms with Crippen LogP contribution in [0.4, 0.5) is 0 Å². The van der Waals surface area contributed by atoms with Gasteiger partial charge in [-0.15, -0.1) is 0 Å². The highest BCUT2D eigenvalue weighted by Gasteiger charge is 2.14. The summed E-state index contributed by atoms with van der Waals surface area (Å²) in [5.74, 6) is 0.834. The normalized spacial score (nSPS) is 21.3. The Hall–Kier alpha value is -0.820. The van der Waals surface area contributed by atoms with E-state index in [4.69, 9.17) is 0 Å². The third-order valence-electron chi connectivity index (χ3n) is 2.50. The minimum Gasteiger partial charge on any atom is -0.316 e. The van der Waals surface area contributed by atoms with Crippen LogP contribution in [0.3, 0.4) is 0 Å². The molecule has 0 aromatic carbocycles. The topological polar surface area (TPSA) is 12.0 Å². The number of rotatable bonds is 4. The first kappa shape index (κ1) is 14.2. The van der Waals surface area contributed by atoms with Crippen LogP contribution in [0.15, 0.2) is 36.5 Å². The zero-order valence-corrected chi connectivity index (χ0v) is 10.4. The second-order valence-electron chi connectivity index (χ2n) is 3.52. The van der Waals surface area contributed by atoms with Crippen LogP contribution in [0.2, 0.25) is 0 Å². The van der Waals surface area contributed by atoms with Gasteiger partial charge in [0.2, 0.25) is 0 Å². The van der Waals surface area contributed by atoms with Crippen LogP contribution in [-0.2, 0) is 0 Å². The van der Waals surface area contributed by atoms with Crippen LogP contribution in [-0.4, -0.2) is 13.1 Å².